The molecule has 1 atom stereocenters. The molecule has 1 amide bonds. The minimum atomic E-state index is -0.257. The molecule has 1 saturated heterocycles. The van der Waals surface area contributed by atoms with Crippen molar-refractivity contribution in [1.82, 2.24) is 10.3 Å². The van der Waals surface area contributed by atoms with Crippen LogP contribution >= 0.6 is 0 Å². The Morgan fingerprint density at radius 3 is 2.60 bits per heavy atom. The fourth-order valence-electron chi connectivity index (χ4n) is 2.67. The zero-order valence-corrected chi connectivity index (χ0v) is 12.2. The smallest absolute Gasteiger partial charge is 0.234 e. The van der Waals surface area contributed by atoms with E-state index >= 15 is 0 Å². The van der Waals surface area contributed by atoms with Gasteiger partial charge in [0, 0.05) is 25.3 Å². The van der Waals surface area contributed by atoms with Gasteiger partial charge in [0.25, 0.3) is 0 Å². The lowest BCUT2D eigenvalue weighted by Gasteiger charge is -2.35. The maximum atomic E-state index is 11.4. The first-order valence-corrected chi connectivity index (χ1v) is 7.29. The van der Waals surface area contributed by atoms with E-state index in [4.69, 9.17) is 5.73 Å². The summed E-state index contributed by atoms with van der Waals surface area (Å²) in [4.78, 5) is 18.1. The normalized spacial score (nSPS) is 18.2. The number of rotatable bonds is 5. The summed E-state index contributed by atoms with van der Waals surface area (Å²) in [5.74, 6) is 0.995. The van der Waals surface area contributed by atoms with Crippen molar-refractivity contribution in [2.24, 2.45) is 11.7 Å². The predicted molar refractivity (Wildman–Crippen MR) is 80.4 cm³/mol. The average molecular weight is 276 g/mol. The number of amides is 1. The summed E-state index contributed by atoms with van der Waals surface area (Å²) in [6.45, 7) is 5.95. The molecule has 110 valence electrons. The van der Waals surface area contributed by atoms with Gasteiger partial charge in [-0.2, -0.15) is 0 Å². The van der Waals surface area contributed by atoms with Crippen LogP contribution in [0.2, 0.25) is 0 Å². The minimum Gasteiger partial charge on any atom is -0.368 e. The lowest BCUT2D eigenvalue weighted by atomic mass is 9.98. The van der Waals surface area contributed by atoms with E-state index < -0.39 is 0 Å². The number of hydrogen-bond acceptors (Lipinski definition) is 4. The van der Waals surface area contributed by atoms with Gasteiger partial charge < -0.3 is 16.0 Å². The van der Waals surface area contributed by atoms with E-state index in [1.807, 2.05) is 38.2 Å². The van der Waals surface area contributed by atoms with Crippen molar-refractivity contribution in [3.63, 3.8) is 0 Å². The Morgan fingerprint density at radius 1 is 1.40 bits per heavy atom. The molecular formula is C15H24N4O. The van der Waals surface area contributed by atoms with Crippen molar-refractivity contribution in [2.45, 2.75) is 38.8 Å². The number of carbonyl (C=O) groups is 1. The maximum absolute atomic E-state index is 11.4. The van der Waals surface area contributed by atoms with Crippen molar-refractivity contribution in [1.29, 1.82) is 0 Å². The molecule has 1 unspecified atom stereocenters. The van der Waals surface area contributed by atoms with E-state index in [-0.39, 0.29) is 17.9 Å². The number of nitrogens with one attached hydrogen (secondary N) is 1. The Hall–Kier alpha value is -1.62. The summed E-state index contributed by atoms with van der Waals surface area (Å²) < 4.78 is 0. The fraction of sp³-hybridized carbons (Fsp3) is 0.600. The van der Waals surface area contributed by atoms with Gasteiger partial charge in [0.2, 0.25) is 5.91 Å². The molecule has 5 heteroatoms. The highest BCUT2D eigenvalue weighted by Crippen LogP contribution is 2.18. The van der Waals surface area contributed by atoms with Crippen LogP contribution in [0.3, 0.4) is 0 Å². The van der Waals surface area contributed by atoms with Crippen LogP contribution in [0.1, 0.15) is 26.7 Å². The monoisotopic (exact) mass is 276 g/mol. The number of hydrogen-bond donors (Lipinski definition) is 2. The number of pyridine rings is 1. The maximum Gasteiger partial charge on any atom is 0.234 e. The van der Waals surface area contributed by atoms with E-state index in [0.29, 0.717) is 6.04 Å². The first kappa shape index (κ1) is 14.8. The number of nitrogens with two attached hydrogens (primary N) is 1. The van der Waals surface area contributed by atoms with E-state index in [2.05, 4.69) is 15.2 Å². The highest BCUT2D eigenvalue weighted by atomic mass is 16.1. The second-order valence-electron chi connectivity index (χ2n) is 5.74. The molecule has 3 N–H and O–H groups in total. The predicted octanol–water partition coefficient (Wildman–Crippen LogP) is 1.15. The van der Waals surface area contributed by atoms with Gasteiger partial charge in [-0.05, 0) is 30.9 Å². The van der Waals surface area contributed by atoms with E-state index in [1.54, 1.807) is 0 Å². The standard InChI is InChI=1S/C15H24N4O/c1-11(2)14(15(16)20)18-12-6-9-19(10-7-12)13-5-3-4-8-17-13/h3-5,8,11-12,14,18H,6-7,9-10H2,1-2H3,(H2,16,20). The molecule has 1 aliphatic rings. The van der Waals surface area contributed by atoms with Crippen LogP contribution in [0.15, 0.2) is 24.4 Å². The van der Waals surface area contributed by atoms with Crippen LogP contribution in [0.4, 0.5) is 5.82 Å². The third-order valence-corrected chi connectivity index (χ3v) is 3.86. The minimum absolute atomic E-state index is 0.223. The lowest BCUT2D eigenvalue weighted by molar-refractivity contribution is -0.121. The summed E-state index contributed by atoms with van der Waals surface area (Å²) in [6.07, 6.45) is 3.84. The Balaban J connectivity index is 1.87. The molecule has 20 heavy (non-hydrogen) atoms. The molecule has 0 bridgehead atoms. The van der Waals surface area contributed by atoms with Gasteiger partial charge in [-0.3, -0.25) is 4.79 Å². The first-order chi connectivity index (χ1) is 9.58. The number of aromatic nitrogens is 1. The lowest BCUT2D eigenvalue weighted by Crippen LogP contribution is -2.52. The van der Waals surface area contributed by atoms with Crippen molar-refractivity contribution >= 4 is 11.7 Å². The molecule has 0 saturated carbocycles. The van der Waals surface area contributed by atoms with Crippen LogP contribution in [0.5, 0.6) is 0 Å². The van der Waals surface area contributed by atoms with Gasteiger partial charge in [-0.25, -0.2) is 4.98 Å². The summed E-state index contributed by atoms with van der Waals surface area (Å²) in [5, 5.41) is 3.41. The molecular weight excluding hydrogens is 252 g/mol. The third kappa shape index (κ3) is 3.70. The topological polar surface area (TPSA) is 71.2 Å². The Kier molecular flexibility index (Phi) is 4.95. The Bertz CT molecular complexity index is 427. The van der Waals surface area contributed by atoms with Crippen LogP contribution < -0.4 is 16.0 Å². The average Bonchev–Trinajstić information content (AvgIpc) is 2.45. The van der Waals surface area contributed by atoms with E-state index in [0.717, 1.165) is 31.7 Å². The summed E-state index contributed by atoms with van der Waals surface area (Å²) in [6, 6.07) is 6.09. The Labute approximate surface area is 120 Å². The highest BCUT2D eigenvalue weighted by Gasteiger charge is 2.26. The highest BCUT2D eigenvalue weighted by molar-refractivity contribution is 5.80. The molecule has 0 aliphatic carbocycles. The Morgan fingerprint density at radius 2 is 2.10 bits per heavy atom. The molecule has 5 nitrogen and oxygen atoms in total. The fourth-order valence-corrected chi connectivity index (χ4v) is 2.67. The molecule has 1 aliphatic heterocycles. The quantitative estimate of drug-likeness (QED) is 0.846. The van der Waals surface area contributed by atoms with Crippen LogP contribution in [-0.2, 0) is 4.79 Å². The van der Waals surface area contributed by atoms with Gasteiger partial charge in [0.05, 0.1) is 6.04 Å². The van der Waals surface area contributed by atoms with Crippen molar-refractivity contribution in [2.75, 3.05) is 18.0 Å². The number of carbonyl (C=O) groups excluding carboxylic acids is 1. The zero-order valence-electron chi connectivity index (χ0n) is 12.2. The van der Waals surface area contributed by atoms with Crippen LogP contribution in [-0.4, -0.2) is 36.1 Å². The molecule has 0 aromatic carbocycles. The summed E-state index contributed by atoms with van der Waals surface area (Å²) >= 11 is 0. The van der Waals surface area contributed by atoms with E-state index in [9.17, 15) is 4.79 Å². The second-order valence-corrected chi connectivity index (χ2v) is 5.74. The van der Waals surface area contributed by atoms with Crippen molar-refractivity contribution < 1.29 is 4.79 Å². The SMILES string of the molecule is CC(C)C(NC1CCN(c2ccccn2)CC1)C(N)=O. The molecule has 2 heterocycles. The molecule has 0 radical (unpaired) electrons. The van der Waals surface area contributed by atoms with Gasteiger partial charge in [-0.15, -0.1) is 0 Å². The van der Waals surface area contributed by atoms with Gasteiger partial charge in [-0.1, -0.05) is 19.9 Å². The van der Waals surface area contributed by atoms with Crippen LogP contribution in [0, 0.1) is 5.92 Å². The second kappa shape index (κ2) is 6.70. The van der Waals surface area contributed by atoms with E-state index in [1.165, 1.54) is 0 Å². The molecule has 1 aromatic rings. The number of anilines is 1. The number of piperidine rings is 1. The molecule has 2 rings (SSSR count). The first-order valence-electron chi connectivity index (χ1n) is 7.29. The molecule has 1 fully saturated rings. The summed E-state index contributed by atoms with van der Waals surface area (Å²) in [7, 11) is 0. The molecule has 1 aromatic heterocycles. The van der Waals surface area contributed by atoms with Gasteiger partial charge in [0.15, 0.2) is 0 Å². The molecule has 0 spiro atoms. The van der Waals surface area contributed by atoms with Crippen molar-refractivity contribution in [3.05, 3.63) is 24.4 Å². The van der Waals surface area contributed by atoms with Crippen molar-refractivity contribution in [3.8, 4) is 0 Å². The third-order valence-electron chi connectivity index (χ3n) is 3.86. The summed E-state index contributed by atoms with van der Waals surface area (Å²) in [5.41, 5.74) is 5.45. The van der Waals surface area contributed by atoms with Gasteiger partial charge >= 0.3 is 0 Å². The number of nitrogens with zero attached hydrogens (tertiary/aromatic N) is 2. The van der Waals surface area contributed by atoms with Crippen LogP contribution in [0.25, 0.3) is 0 Å². The largest absolute Gasteiger partial charge is 0.368 e. The number of primary amides is 1. The zero-order chi connectivity index (χ0) is 14.5. The van der Waals surface area contributed by atoms with Gasteiger partial charge in [0.1, 0.15) is 5.82 Å².